The number of nitrogens with zero attached hydrogens (tertiary/aromatic N) is 3. The summed E-state index contributed by atoms with van der Waals surface area (Å²) in [5.41, 5.74) is -1.37. The van der Waals surface area contributed by atoms with Crippen molar-refractivity contribution in [3.63, 3.8) is 0 Å². The van der Waals surface area contributed by atoms with Crippen molar-refractivity contribution in [3.05, 3.63) is 35.8 Å². The highest BCUT2D eigenvalue weighted by molar-refractivity contribution is 5.95. The van der Waals surface area contributed by atoms with E-state index in [1.165, 1.54) is 21.6 Å². The monoisotopic (exact) mass is 297 g/mol. The lowest BCUT2D eigenvalue weighted by Gasteiger charge is -2.26. The van der Waals surface area contributed by atoms with Crippen molar-refractivity contribution < 1.29 is 18.0 Å². The molecule has 0 unspecified atom stereocenters. The highest BCUT2D eigenvalue weighted by Crippen LogP contribution is 2.32. The smallest absolute Gasteiger partial charge is 0.337 e. The Labute approximate surface area is 119 Å². The maximum absolute atomic E-state index is 13.2. The van der Waals surface area contributed by atoms with Crippen molar-refractivity contribution in [1.82, 2.24) is 14.3 Å². The summed E-state index contributed by atoms with van der Waals surface area (Å²) in [5, 5.41) is 0. The number of alkyl halides is 3. The van der Waals surface area contributed by atoms with Gasteiger partial charge in [0.2, 0.25) is 0 Å². The Hall–Kier alpha value is -2.05. The number of aromatic nitrogens is 2. The molecule has 1 amide bonds. The fraction of sp³-hybridized carbons (Fsp3) is 0.429. The predicted octanol–water partition coefficient (Wildman–Crippen LogP) is 2.98. The molecule has 2 aromatic heterocycles. The van der Waals surface area contributed by atoms with E-state index in [9.17, 15) is 18.0 Å². The summed E-state index contributed by atoms with van der Waals surface area (Å²) in [6.07, 6.45) is -0.557. The number of likely N-dealkylation sites (tertiary alicyclic amines) is 1. The van der Waals surface area contributed by atoms with E-state index in [2.05, 4.69) is 4.98 Å². The van der Waals surface area contributed by atoms with Crippen LogP contribution in [0.1, 0.15) is 35.4 Å². The van der Waals surface area contributed by atoms with Gasteiger partial charge in [-0.15, -0.1) is 0 Å². The number of pyridine rings is 1. The van der Waals surface area contributed by atoms with Crippen LogP contribution >= 0.6 is 0 Å². The van der Waals surface area contributed by atoms with E-state index in [0.717, 1.165) is 19.3 Å². The SMILES string of the molecule is O=C(c1c(C(F)(F)F)nc2ccccn12)N1CCCCC1. The number of carbonyl (C=O) groups is 1. The Morgan fingerprint density at radius 2 is 1.86 bits per heavy atom. The molecule has 1 fully saturated rings. The second kappa shape index (κ2) is 5.05. The van der Waals surface area contributed by atoms with Gasteiger partial charge in [-0.1, -0.05) is 6.07 Å². The van der Waals surface area contributed by atoms with Crippen molar-refractivity contribution in [1.29, 1.82) is 0 Å². The van der Waals surface area contributed by atoms with Crippen LogP contribution in [0.15, 0.2) is 24.4 Å². The lowest BCUT2D eigenvalue weighted by molar-refractivity contribution is -0.141. The second-order valence-corrected chi connectivity index (χ2v) is 5.09. The summed E-state index contributed by atoms with van der Waals surface area (Å²) in [6.45, 7) is 0.992. The number of carbonyl (C=O) groups excluding carboxylic acids is 1. The lowest BCUT2D eigenvalue weighted by atomic mass is 10.1. The molecule has 2 aromatic rings. The maximum atomic E-state index is 13.2. The molecule has 3 heterocycles. The third kappa shape index (κ3) is 2.48. The Morgan fingerprint density at radius 1 is 1.14 bits per heavy atom. The van der Waals surface area contributed by atoms with Crippen LogP contribution in [0.3, 0.4) is 0 Å². The molecule has 0 atom stereocenters. The van der Waals surface area contributed by atoms with E-state index in [1.807, 2.05) is 0 Å². The molecule has 0 aliphatic carbocycles. The molecule has 1 aliphatic rings. The van der Waals surface area contributed by atoms with Gasteiger partial charge in [-0.05, 0) is 31.4 Å². The van der Waals surface area contributed by atoms with Gasteiger partial charge in [0.05, 0.1) is 0 Å². The zero-order chi connectivity index (χ0) is 15.0. The maximum Gasteiger partial charge on any atom is 0.435 e. The first-order chi connectivity index (χ1) is 9.98. The minimum absolute atomic E-state index is 0.130. The molecule has 3 rings (SSSR count). The average molecular weight is 297 g/mol. The molecule has 1 aliphatic heterocycles. The third-order valence-electron chi connectivity index (χ3n) is 3.64. The highest BCUT2D eigenvalue weighted by atomic mass is 19.4. The van der Waals surface area contributed by atoms with Gasteiger partial charge in [0, 0.05) is 19.3 Å². The van der Waals surface area contributed by atoms with E-state index in [0.29, 0.717) is 13.1 Å². The second-order valence-electron chi connectivity index (χ2n) is 5.09. The Bertz CT molecular complexity index is 672. The molecule has 0 aromatic carbocycles. The molecule has 21 heavy (non-hydrogen) atoms. The van der Waals surface area contributed by atoms with Crippen LogP contribution in [0.5, 0.6) is 0 Å². The van der Waals surface area contributed by atoms with Crippen LogP contribution in [-0.4, -0.2) is 33.3 Å². The Kier molecular flexibility index (Phi) is 3.35. The summed E-state index contributed by atoms with van der Waals surface area (Å²) in [6, 6.07) is 4.64. The molecular weight excluding hydrogens is 283 g/mol. The quantitative estimate of drug-likeness (QED) is 0.811. The lowest BCUT2D eigenvalue weighted by Crippen LogP contribution is -2.37. The normalized spacial score (nSPS) is 16.4. The number of amides is 1. The topological polar surface area (TPSA) is 37.6 Å². The van der Waals surface area contributed by atoms with E-state index >= 15 is 0 Å². The molecule has 4 nitrogen and oxygen atoms in total. The summed E-state index contributed by atoms with van der Waals surface area (Å²) < 4.78 is 40.7. The number of rotatable bonds is 1. The van der Waals surface area contributed by atoms with Gasteiger partial charge < -0.3 is 4.90 Å². The van der Waals surface area contributed by atoms with E-state index < -0.39 is 17.8 Å². The first-order valence-corrected chi connectivity index (χ1v) is 6.82. The zero-order valence-corrected chi connectivity index (χ0v) is 11.2. The van der Waals surface area contributed by atoms with E-state index in [4.69, 9.17) is 0 Å². The third-order valence-corrected chi connectivity index (χ3v) is 3.64. The van der Waals surface area contributed by atoms with Crippen LogP contribution in [-0.2, 0) is 6.18 Å². The van der Waals surface area contributed by atoms with Crippen molar-refractivity contribution in [3.8, 4) is 0 Å². The highest BCUT2D eigenvalue weighted by Gasteiger charge is 2.41. The predicted molar refractivity (Wildman–Crippen MR) is 69.9 cm³/mol. The summed E-state index contributed by atoms with van der Waals surface area (Å²) in [4.78, 5) is 17.6. The molecule has 0 saturated carbocycles. The van der Waals surface area contributed by atoms with Gasteiger partial charge in [-0.25, -0.2) is 4.98 Å². The standard InChI is InChI=1S/C14H14F3N3O/c15-14(16,17)12-11(13(21)19-7-3-1-4-8-19)20-9-5-2-6-10(20)18-12/h2,5-6,9H,1,3-4,7-8H2. The van der Waals surface area contributed by atoms with Crippen molar-refractivity contribution in [2.24, 2.45) is 0 Å². The first-order valence-electron chi connectivity index (χ1n) is 6.82. The molecule has 0 spiro atoms. The Morgan fingerprint density at radius 3 is 2.52 bits per heavy atom. The van der Waals surface area contributed by atoms with Gasteiger partial charge in [-0.3, -0.25) is 9.20 Å². The first kappa shape index (κ1) is 13.9. The van der Waals surface area contributed by atoms with Crippen molar-refractivity contribution in [2.75, 3.05) is 13.1 Å². The fourth-order valence-electron chi connectivity index (χ4n) is 2.64. The molecule has 0 N–H and O–H groups in total. The van der Waals surface area contributed by atoms with Gasteiger partial charge >= 0.3 is 6.18 Å². The minimum Gasteiger partial charge on any atom is -0.337 e. The van der Waals surface area contributed by atoms with E-state index in [-0.39, 0.29) is 11.3 Å². The Balaban J connectivity index is 2.12. The number of piperidine rings is 1. The summed E-state index contributed by atoms with van der Waals surface area (Å²) >= 11 is 0. The number of hydrogen-bond acceptors (Lipinski definition) is 2. The van der Waals surface area contributed by atoms with Gasteiger partial charge in [-0.2, -0.15) is 13.2 Å². The minimum atomic E-state index is -4.65. The fourth-order valence-corrected chi connectivity index (χ4v) is 2.64. The van der Waals surface area contributed by atoms with Crippen molar-refractivity contribution >= 4 is 11.6 Å². The zero-order valence-electron chi connectivity index (χ0n) is 11.2. The molecule has 7 heteroatoms. The summed E-state index contributed by atoms with van der Waals surface area (Å²) in [5.74, 6) is -0.597. The molecule has 0 radical (unpaired) electrons. The molecule has 1 saturated heterocycles. The van der Waals surface area contributed by atoms with Crippen LogP contribution in [0.2, 0.25) is 0 Å². The number of imidazole rings is 1. The van der Waals surface area contributed by atoms with Crippen molar-refractivity contribution in [2.45, 2.75) is 25.4 Å². The van der Waals surface area contributed by atoms with Gasteiger partial charge in [0.15, 0.2) is 5.69 Å². The summed E-state index contributed by atoms with van der Waals surface area (Å²) in [7, 11) is 0. The van der Waals surface area contributed by atoms with Crippen LogP contribution in [0, 0.1) is 0 Å². The number of halogens is 3. The van der Waals surface area contributed by atoms with Gasteiger partial charge in [0.25, 0.3) is 5.91 Å². The van der Waals surface area contributed by atoms with Gasteiger partial charge in [0.1, 0.15) is 11.3 Å². The average Bonchev–Trinajstić information content (AvgIpc) is 2.87. The van der Waals surface area contributed by atoms with E-state index in [1.54, 1.807) is 12.1 Å². The number of hydrogen-bond donors (Lipinski definition) is 0. The van der Waals surface area contributed by atoms with Crippen LogP contribution < -0.4 is 0 Å². The molecular formula is C14H14F3N3O. The molecule has 0 bridgehead atoms. The van der Waals surface area contributed by atoms with Crippen LogP contribution in [0.25, 0.3) is 5.65 Å². The van der Waals surface area contributed by atoms with Crippen LogP contribution in [0.4, 0.5) is 13.2 Å². The number of fused-ring (bicyclic) bond motifs is 1. The molecule has 112 valence electrons. The largest absolute Gasteiger partial charge is 0.435 e.